The summed E-state index contributed by atoms with van der Waals surface area (Å²) >= 11 is 0. The second kappa shape index (κ2) is 5.61. The molecule has 110 valence electrons. The van der Waals surface area contributed by atoms with Crippen molar-refractivity contribution < 1.29 is 4.52 Å². The van der Waals surface area contributed by atoms with Gasteiger partial charge in [-0.3, -0.25) is 4.90 Å². The molecular formula is C16H20N4O. The highest BCUT2D eigenvalue weighted by atomic mass is 16.5. The molecule has 21 heavy (non-hydrogen) atoms. The Morgan fingerprint density at radius 3 is 2.90 bits per heavy atom. The highest BCUT2D eigenvalue weighted by Gasteiger charge is 2.14. The first-order chi connectivity index (χ1) is 10.2. The molecule has 0 aliphatic rings. The molecule has 0 spiro atoms. The lowest BCUT2D eigenvalue weighted by molar-refractivity contribution is 0.267. The van der Waals surface area contributed by atoms with Crippen LogP contribution < -0.4 is 5.32 Å². The predicted molar refractivity (Wildman–Crippen MR) is 84.3 cm³/mol. The van der Waals surface area contributed by atoms with Crippen molar-refractivity contribution in [3.8, 4) is 0 Å². The van der Waals surface area contributed by atoms with E-state index in [0.717, 1.165) is 30.2 Å². The van der Waals surface area contributed by atoms with E-state index in [0.29, 0.717) is 0 Å². The van der Waals surface area contributed by atoms with Crippen LogP contribution in [0.1, 0.15) is 17.0 Å². The van der Waals surface area contributed by atoms with Gasteiger partial charge in [0.2, 0.25) is 0 Å². The van der Waals surface area contributed by atoms with Crippen LogP contribution >= 0.6 is 0 Å². The van der Waals surface area contributed by atoms with Crippen LogP contribution in [-0.2, 0) is 13.1 Å². The van der Waals surface area contributed by atoms with Gasteiger partial charge in [-0.15, -0.1) is 0 Å². The average molecular weight is 284 g/mol. The summed E-state index contributed by atoms with van der Waals surface area (Å²) in [5.74, 6) is 0.873. The van der Waals surface area contributed by atoms with Crippen LogP contribution in [0.15, 0.2) is 35.0 Å². The molecule has 0 saturated heterocycles. The van der Waals surface area contributed by atoms with Gasteiger partial charge in [0.15, 0.2) is 5.76 Å². The lowest BCUT2D eigenvalue weighted by Gasteiger charge is -2.15. The summed E-state index contributed by atoms with van der Waals surface area (Å²) in [5, 5.41) is 8.44. The number of nitrogens with zero attached hydrogens (tertiary/aromatic N) is 2. The molecule has 0 amide bonds. The number of benzene rings is 1. The van der Waals surface area contributed by atoms with Crippen molar-refractivity contribution in [2.75, 3.05) is 19.4 Å². The van der Waals surface area contributed by atoms with Crippen LogP contribution in [0.4, 0.5) is 5.69 Å². The molecule has 0 radical (unpaired) electrons. The summed E-state index contributed by atoms with van der Waals surface area (Å²) in [7, 11) is 3.97. The molecular weight excluding hydrogens is 264 g/mol. The average Bonchev–Trinajstić information content (AvgIpc) is 3.03. The van der Waals surface area contributed by atoms with E-state index in [1.54, 1.807) is 0 Å². The van der Waals surface area contributed by atoms with E-state index in [9.17, 15) is 0 Å². The fourth-order valence-electron chi connectivity index (χ4n) is 2.70. The first kappa shape index (κ1) is 13.7. The summed E-state index contributed by atoms with van der Waals surface area (Å²) in [4.78, 5) is 5.53. The molecule has 0 saturated carbocycles. The molecule has 5 heteroatoms. The molecule has 0 unspecified atom stereocenters. The number of anilines is 1. The number of aromatic amines is 1. The second-order valence-electron chi connectivity index (χ2n) is 5.35. The first-order valence-electron chi connectivity index (χ1n) is 7.05. The van der Waals surface area contributed by atoms with Gasteiger partial charge in [-0.1, -0.05) is 23.4 Å². The zero-order valence-electron chi connectivity index (χ0n) is 12.6. The van der Waals surface area contributed by atoms with E-state index >= 15 is 0 Å². The number of aromatic nitrogens is 2. The Hall–Kier alpha value is -2.27. The van der Waals surface area contributed by atoms with E-state index < -0.39 is 0 Å². The third kappa shape index (κ3) is 2.64. The van der Waals surface area contributed by atoms with E-state index in [-0.39, 0.29) is 0 Å². The number of fused-ring (bicyclic) bond motifs is 1. The number of rotatable bonds is 5. The minimum atomic E-state index is 0.719. The summed E-state index contributed by atoms with van der Waals surface area (Å²) in [6.07, 6.45) is 2.08. The number of H-pyrrole nitrogens is 1. The Labute approximate surface area is 123 Å². The maximum absolute atomic E-state index is 5.40. The smallest absolute Gasteiger partial charge is 0.174 e. The zero-order chi connectivity index (χ0) is 14.8. The van der Waals surface area contributed by atoms with Crippen molar-refractivity contribution in [2.24, 2.45) is 0 Å². The molecule has 0 atom stereocenters. The monoisotopic (exact) mass is 284 g/mol. The molecule has 0 aliphatic carbocycles. The van der Waals surface area contributed by atoms with E-state index in [2.05, 4.69) is 51.8 Å². The Bertz CT molecular complexity index is 744. The summed E-state index contributed by atoms with van der Waals surface area (Å²) in [6.45, 7) is 3.52. The van der Waals surface area contributed by atoms with Crippen LogP contribution in [0, 0.1) is 6.92 Å². The Kier molecular flexibility index (Phi) is 3.66. The van der Waals surface area contributed by atoms with Crippen LogP contribution in [0.3, 0.4) is 0 Å². The topological polar surface area (TPSA) is 57.1 Å². The van der Waals surface area contributed by atoms with Crippen molar-refractivity contribution in [3.63, 3.8) is 0 Å². The third-order valence-electron chi connectivity index (χ3n) is 3.71. The van der Waals surface area contributed by atoms with Crippen molar-refractivity contribution >= 4 is 16.6 Å². The lowest BCUT2D eigenvalue weighted by Crippen LogP contribution is -2.17. The van der Waals surface area contributed by atoms with E-state index in [1.165, 1.54) is 16.5 Å². The van der Waals surface area contributed by atoms with Gasteiger partial charge in [0.25, 0.3) is 0 Å². The molecule has 1 aromatic carbocycles. The molecule has 2 N–H and O–H groups in total. The molecule has 3 aromatic rings. The fraction of sp³-hybridized carbons (Fsp3) is 0.312. The Morgan fingerprint density at radius 1 is 1.29 bits per heavy atom. The molecule has 0 aliphatic heterocycles. The largest absolute Gasteiger partial charge is 0.384 e. The van der Waals surface area contributed by atoms with Gasteiger partial charge in [0, 0.05) is 30.7 Å². The van der Waals surface area contributed by atoms with Crippen LogP contribution in [0.2, 0.25) is 0 Å². The maximum atomic E-state index is 5.40. The Balaban J connectivity index is 1.76. The standard InChI is InChI=1S/C16H20N4O/c1-11-16(17-2)15(21-19-11)10-20(3)9-12-8-18-14-7-5-4-6-13(12)14/h4-8,17-18H,9-10H2,1-3H3. The molecule has 2 heterocycles. The second-order valence-corrected chi connectivity index (χ2v) is 5.35. The maximum Gasteiger partial charge on any atom is 0.174 e. The quantitative estimate of drug-likeness (QED) is 0.755. The molecule has 0 fully saturated rings. The number of aryl methyl sites for hydroxylation is 1. The minimum absolute atomic E-state index is 0.719. The minimum Gasteiger partial charge on any atom is -0.384 e. The Morgan fingerprint density at radius 2 is 2.10 bits per heavy atom. The highest BCUT2D eigenvalue weighted by Crippen LogP contribution is 2.23. The SMILES string of the molecule is CNc1c(C)noc1CN(C)Cc1c[nH]c2ccccc12. The third-order valence-corrected chi connectivity index (χ3v) is 3.71. The van der Waals surface area contributed by atoms with Crippen LogP contribution in [0.5, 0.6) is 0 Å². The zero-order valence-corrected chi connectivity index (χ0v) is 12.6. The van der Waals surface area contributed by atoms with Gasteiger partial charge in [0.1, 0.15) is 11.4 Å². The number of hydrogen-bond acceptors (Lipinski definition) is 4. The van der Waals surface area contributed by atoms with Crippen molar-refractivity contribution in [1.29, 1.82) is 0 Å². The van der Waals surface area contributed by atoms with E-state index in [4.69, 9.17) is 4.52 Å². The molecule has 0 bridgehead atoms. The normalized spacial score (nSPS) is 11.4. The number of nitrogens with one attached hydrogen (secondary N) is 2. The van der Waals surface area contributed by atoms with Gasteiger partial charge in [-0.25, -0.2) is 0 Å². The fourth-order valence-corrected chi connectivity index (χ4v) is 2.70. The van der Waals surface area contributed by atoms with Gasteiger partial charge >= 0.3 is 0 Å². The van der Waals surface area contributed by atoms with Crippen molar-refractivity contribution in [1.82, 2.24) is 15.0 Å². The highest BCUT2D eigenvalue weighted by molar-refractivity contribution is 5.82. The van der Waals surface area contributed by atoms with Gasteiger partial charge in [0.05, 0.1) is 6.54 Å². The summed E-state index contributed by atoms with van der Waals surface area (Å²) in [6, 6.07) is 8.35. The van der Waals surface area contributed by atoms with Gasteiger partial charge in [-0.2, -0.15) is 0 Å². The summed E-state index contributed by atoms with van der Waals surface area (Å²) < 4.78 is 5.40. The molecule has 2 aromatic heterocycles. The lowest BCUT2D eigenvalue weighted by atomic mass is 10.1. The van der Waals surface area contributed by atoms with Crippen molar-refractivity contribution in [3.05, 3.63) is 47.5 Å². The molecule has 5 nitrogen and oxygen atoms in total. The number of hydrogen-bond donors (Lipinski definition) is 2. The molecule has 3 rings (SSSR count). The summed E-state index contributed by atoms with van der Waals surface area (Å²) in [5.41, 5.74) is 4.34. The van der Waals surface area contributed by atoms with Crippen molar-refractivity contribution in [2.45, 2.75) is 20.0 Å². The first-order valence-corrected chi connectivity index (χ1v) is 7.05. The van der Waals surface area contributed by atoms with E-state index in [1.807, 2.05) is 20.0 Å². The van der Waals surface area contributed by atoms with Gasteiger partial charge in [-0.05, 0) is 25.6 Å². The van der Waals surface area contributed by atoms with Gasteiger partial charge < -0.3 is 14.8 Å². The predicted octanol–water partition coefficient (Wildman–Crippen LogP) is 3.14. The van der Waals surface area contributed by atoms with Crippen LogP contribution in [-0.4, -0.2) is 29.1 Å². The number of para-hydroxylation sites is 1. The van der Waals surface area contributed by atoms with Crippen LogP contribution in [0.25, 0.3) is 10.9 Å².